The fourth-order valence-corrected chi connectivity index (χ4v) is 1.46. The van der Waals surface area contributed by atoms with Gasteiger partial charge in [-0.3, -0.25) is 0 Å². The average molecular weight is 207 g/mol. The summed E-state index contributed by atoms with van der Waals surface area (Å²) >= 11 is 0. The van der Waals surface area contributed by atoms with Crippen molar-refractivity contribution in [3.8, 4) is 0 Å². The third kappa shape index (κ3) is 5.55. The van der Waals surface area contributed by atoms with Gasteiger partial charge in [0.1, 0.15) is 0 Å². The molecule has 0 amide bonds. The van der Waals surface area contributed by atoms with Crippen molar-refractivity contribution < 1.29 is 4.74 Å². The second-order valence-electron chi connectivity index (χ2n) is 3.75. The van der Waals surface area contributed by atoms with Crippen LogP contribution in [0.4, 0.5) is 0 Å². The second-order valence-corrected chi connectivity index (χ2v) is 3.75. The second kappa shape index (κ2) is 7.43. The summed E-state index contributed by atoms with van der Waals surface area (Å²) in [6.45, 7) is 6.78. The lowest BCUT2D eigenvalue weighted by Crippen LogP contribution is -2.32. The minimum absolute atomic E-state index is 0.439. The molecule has 1 aromatic carbocycles. The molecule has 1 rings (SSSR count). The molecule has 0 heterocycles. The van der Waals surface area contributed by atoms with Crippen LogP contribution in [0.25, 0.3) is 0 Å². The van der Waals surface area contributed by atoms with Crippen LogP contribution in [0.2, 0.25) is 0 Å². The third-order valence-electron chi connectivity index (χ3n) is 2.32. The molecule has 0 aliphatic carbocycles. The summed E-state index contributed by atoms with van der Waals surface area (Å²) in [5.41, 5.74) is 1.38. The monoisotopic (exact) mass is 207 g/mol. The third-order valence-corrected chi connectivity index (χ3v) is 2.32. The summed E-state index contributed by atoms with van der Waals surface area (Å²) < 4.78 is 5.34. The normalized spacial score (nSPS) is 12.7. The van der Waals surface area contributed by atoms with E-state index in [0.717, 1.165) is 26.2 Å². The molecule has 0 bridgehead atoms. The van der Waals surface area contributed by atoms with Crippen molar-refractivity contribution in [2.45, 2.75) is 26.3 Å². The highest BCUT2D eigenvalue weighted by Crippen LogP contribution is 1.98. The van der Waals surface area contributed by atoms with Crippen molar-refractivity contribution in [3.63, 3.8) is 0 Å². The molecule has 0 aliphatic heterocycles. The number of hydrogen-bond donors (Lipinski definition) is 1. The van der Waals surface area contributed by atoms with Gasteiger partial charge in [-0.1, -0.05) is 30.3 Å². The van der Waals surface area contributed by atoms with Gasteiger partial charge < -0.3 is 10.1 Å². The summed E-state index contributed by atoms with van der Waals surface area (Å²) in [4.78, 5) is 0. The lowest BCUT2D eigenvalue weighted by molar-refractivity contribution is 0.127. The predicted octanol–water partition coefficient (Wildman–Crippen LogP) is 2.24. The SMILES string of the molecule is CCOCC(C)NCCc1ccccc1. The van der Waals surface area contributed by atoms with Crippen LogP contribution in [0.15, 0.2) is 30.3 Å². The Morgan fingerprint density at radius 2 is 2.00 bits per heavy atom. The van der Waals surface area contributed by atoms with Gasteiger partial charge in [0.25, 0.3) is 0 Å². The Bertz CT molecular complexity index is 248. The fourth-order valence-electron chi connectivity index (χ4n) is 1.46. The number of hydrogen-bond acceptors (Lipinski definition) is 2. The van der Waals surface area contributed by atoms with E-state index in [1.54, 1.807) is 0 Å². The van der Waals surface area contributed by atoms with Gasteiger partial charge in [0.05, 0.1) is 6.61 Å². The zero-order chi connectivity index (χ0) is 10.9. The largest absolute Gasteiger partial charge is 0.380 e. The van der Waals surface area contributed by atoms with Crippen LogP contribution in [0.1, 0.15) is 19.4 Å². The van der Waals surface area contributed by atoms with Crippen molar-refractivity contribution in [2.75, 3.05) is 19.8 Å². The van der Waals surface area contributed by atoms with Crippen LogP contribution in [-0.4, -0.2) is 25.8 Å². The molecular formula is C13H21NO. The molecule has 84 valence electrons. The molecule has 0 spiro atoms. The number of benzene rings is 1. The quantitative estimate of drug-likeness (QED) is 0.740. The van der Waals surface area contributed by atoms with Gasteiger partial charge in [-0.05, 0) is 32.4 Å². The van der Waals surface area contributed by atoms with Crippen molar-refractivity contribution in [2.24, 2.45) is 0 Å². The molecule has 2 heteroatoms. The lowest BCUT2D eigenvalue weighted by atomic mass is 10.1. The maximum Gasteiger partial charge on any atom is 0.0616 e. The van der Waals surface area contributed by atoms with Crippen molar-refractivity contribution in [1.29, 1.82) is 0 Å². The van der Waals surface area contributed by atoms with E-state index in [4.69, 9.17) is 4.74 Å². The summed E-state index contributed by atoms with van der Waals surface area (Å²) in [5.74, 6) is 0. The van der Waals surface area contributed by atoms with E-state index in [1.807, 2.05) is 6.92 Å². The molecule has 1 N–H and O–H groups in total. The molecule has 15 heavy (non-hydrogen) atoms. The van der Waals surface area contributed by atoms with Crippen LogP contribution in [0, 0.1) is 0 Å². The fraction of sp³-hybridized carbons (Fsp3) is 0.538. The minimum atomic E-state index is 0.439. The molecule has 1 aromatic rings. The van der Waals surface area contributed by atoms with Crippen molar-refractivity contribution in [3.05, 3.63) is 35.9 Å². The number of nitrogens with one attached hydrogen (secondary N) is 1. The van der Waals surface area contributed by atoms with E-state index in [1.165, 1.54) is 5.56 Å². The van der Waals surface area contributed by atoms with Gasteiger partial charge in [0.15, 0.2) is 0 Å². The Labute approximate surface area is 92.6 Å². The van der Waals surface area contributed by atoms with E-state index < -0.39 is 0 Å². The van der Waals surface area contributed by atoms with Gasteiger partial charge in [-0.25, -0.2) is 0 Å². The molecule has 0 saturated heterocycles. The topological polar surface area (TPSA) is 21.3 Å². The standard InChI is InChI=1S/C13H21NO/c1-3-15-11-12(2)14-10-9-13-7-5-4-6-8-13/h4-8,12,14H,3,9-11H2,1-2H3. The van der Waals surface area contributed by atoms with E-state index in [9.17, 15) is 0 Å². The Balaban J connectivity index is 2.11. The molecule has 0 aliphatic rings. The molecule has 2 nitrogen and oxygen atoms in total. The van der Waals surface area contributed by atoms with Gasteiger partial charge in [-0.2, -0.15) is 0 Å². The molecule has 1 unspecified atom stereocenters. The van der Waals surface area contributed by atoms with Crippen LogP contribution < -0.4 is 5.32 Å². The first-order chi connectivity index (χ1) is 7.33. The molecule has 0 fully saturated rings. The first-order valence-electron chi connectivity index (χ1n) is 5.68. The number of rotatable bonds is 7. The van der Waals surface area contributed by atoms with E-state index in [-0.39, 0.29) is 0 Å². The van der Waals surface area contributed by atoms with Crippen LogP contribution >= 0.6 is 0 Å². The minimum Gasteiger partial charge on any atom is -0.380 e. The number of ether oxygens (including phenoxy) is 1. The van der Waals surface area contributed by atoms with Gasteiger partial charge in [0.2, 0.25) is 0 Å². The first kappa shape index (κ1) is 12.2. The zero-order valence-corrected chi connectivity index (χ0v) is 9.70. The van der Waals surface area contributed by atoms with E-state index in [0.29, 0.717) is 6.04 Å². The lowest BCUT2D eigenvalue weighted by Gasteiger charge is -2.13. The summed E-state index contributed by atoms with van der Waals surface area (Å²) in [6.07, 6.45) is 1.08. The van der Waals surface area contributed by atoms with Crippen LogP contribution in [-0.2, 0) is 11.2 Å². The Morgan fingerprint density at radius 1 is 1.27 bits per heavy atom. The Morgan fingerprint density at radius 3 is 2.67 bits per heavy atom. The summed E-state index contributed by atoms with van der Waals surface area (Å²) in [7, 11) is 0. The van der Waals surface area contributed by atoms with Gasteiger partial charge in [0, 0.05) is 12.6 Å². The predicted molar refractivity (Wildman–Crippen MR) is 64.1 cm³/mol. The smallest absolute Gasteiger partial charge is 0.0616 e. The van der Waals surface area contributed by atoms with Crippen molar-refractivity contribution in [1.82, 2.24) is 5.32 Å². The van der Waals surface area contributed by atoms with E-state index >= 15 is 0 Å². The Hall–Kier alpha value is -0.860. The van der Waals surface area contributed by atoms with Crippen LogP contribution in [0.3, 0.4) is 0 Å². The van der Waals surface area contributed by atoms with Gasteiger partial charge >= 0.3 is 0 Å². The first-order valence-corrected chi connectivity index (χ1v) is 5.68. The molecule has 0 radical (unpaired) electrons. The highest BCUT2D eigenvalue weighted by molar-refractivity contribution is 5.14. The summed E-state index contributed by atoms with van der Waals surface area (Å²) in [6, 6.07) is 11.0. The molecular weight excluding hydrogens is 186 g/mol. The maximum absolute atomic E-state index is 5.34. The Kier molecular flexibility index (Phi) is 6.05. The zero-order valence-electron chi connectivity index (χ0n) is 9.70. The highest BCUT2D eigenvalue weighted by atomic mass is 16.5. The molecule has 1 atom stereocenters. The highest BCUT2D eigenvalue weighted by Gasteiger charge is 1.99. The van der Waals surface area contributed by atoms with Gasteiger partial charge in [-0.15, -0.1) is 0 Å². The maximum atomic E-state index is 5.34. The molecule has 0 aromatic heterocycles. The summed E-state index contributed by atoms with van der Waals surface area (Å²) in [5, 5.41) is 3.44. The average Bonchev–Trinajstić information content (AvgIpc) is 2.28. The van der Waals surface area contributed by atoms with Crippen molar-refractivity contribution >= 4 is 0 Å². The molecule has 0 saturated carbocycles. The van der Waals surface area contributed by atoms with E-state index in [2.05, 4.69) is 42.6 Å². The van der Waals surface area contributed by atoms with Crippen LogP contribution in [0.5, 0.6) is 0 Å².